The lowest BCUT2D eigenvalue weighted by atomic mass is 10.2. The number of nitrogens with zero attached hydrogens (tertiary/aromatic N) is 2. The number of nitrogens with one attached hydrogen (secondary N) is 1. The summed E-state index contributed by atoms with van der Waals surface area (Å²) in [6, 6.07) is 15.7. The van der Waals surface area contributed by atoms with Crippen LogP contribution in [0.15, 0.2) is 48.5 Å². The van der Waals surface area contributed by atoms with Gasteiger partial charge < -0.3 is 10.2 Å². The number of aryl methyl sites for hydroxylation is 1. The van der Waals surface area contributed by atoms with E-state index in [4.69, 9.17) is 0 Å². The molecule has 0 atom stereocenters. The minimum absolute atomic E-state index is 0.0724. The number of hydrogen-bond donors (Lipinski definition) is 1. The van der Waals surface area contributed by atoms with Crippen LogP contribution in [0.25, 0.3) is 0 Å². The lowest BCUT2D eigenvalue weighted by Gasteiger charge is -2.24. The van der Waals surface area contributed by atoms with Gasteiger partial charge in [-0.15, -0.1) is 0 Å². The first-order valence-corrected chi connectivity index (χ1v) is 12.3. The number of carbonyl (C=O) groups is 1. The second-order valence-electron chi connectivity index (χ2n) is 7.86. The van der Waals surface area contributed by atoms with Crippen LogP contribution in [0.4, 0.5) is 11.4 Å². The fraction of sp³-hybridized carbons (Fsp3) is 0.435. The summed E-state index contributed by atoms with van der Waals surface area (Å²) in [5, 5.41) is 2.93. The molecule has 1 heterocycles. The van der Waals surface area contributed by atoms with Crippen LogP contribution in [-0.4, -0.2) is 40.2 Å². The highest BCUT2D eigenvalue weighted by atomic mass is 32.2. The van der Waals surface area contributed by atoms with Crippen molar-refractivity contribution in [1.29, 1.82) is 0 Å². The normalized spacial score (nSPS) is 14.0. The predicted molar refractivity (Wildman–Crippen MR) is 122 cm³/mol. The van der Waals surface area contributed by atoms with Crippen LogP contribution >= 0.6 is 0 Å². The molecule has 0 saturated carbocycles. The van der Waals surface area contributed by atoms with Gasteiger partial charge in [-0.2, -0.15) is 0 Å². The van der Waals surface area contributed by atoms with Crippen molar-refractivity contribution in [3.63, 3.8) is 0 Å². The van der Waals surface area contributed by atoms with Crippen LogP contribution in [0.3, 0.4) is 0 Å². The smallest absolute Gasteiger partial charge is 0.232 e. The Bertz CT molecular complexity index is 952. The molecule has 1 amide bonds. The number of carbonyl (C=O) groups excluding carboxylic acids is 1. The maximum absolute atomic E-state index is 12.2. The van der Waals surface area contributed by atoms with Crippen LogP contribution in [0.2, 0.25) is 0 Å². The number of para-hydroxylation sites is 1. The van der Waals surface area contributed by atoms with Crippen LogP contribution < -0.4 is 14.5 Å². The van der Waals surface area contributed by atoms with Gasteiger partial charge in [0.1, 0.15) is 0 Å². The molecular formula is C23H31N3O3S. The molecule has 1 N–H and O–H groups in total. The van der Waals surface area contributed by atoms with Gasteiger partial charge in [-0.3, -0.25) is 9.10 Å². The van der Waals surface area contributed by atoms with E-state index in [2.05, 4.69) is 34.5 Å². The third-order valence-corrected chi connectivity index (χ3v) is 6.63. The Morgan fingerprint density at radius 1 is 1.07 bits per heavy atom. The van der Waals surface area contributed by atoms with Gasteiger partial charge in [0, 0.05) is 38.3 Å². The lowest BCUT2D eigenvalue weighted by molar-refractivity contribution is -0.121. The van der Waals surface area contributed by atoms with Gasteiger partial charge in [0.05, 0.1) is 11.9 Å². The Kier molecular flexibility index (Phi) is 7.37. The fourth-order valence-corrected chi connectivity index (χ4v) is 4.80. The Balaban J connectivity index is 1.47. The standard InChI is InChI=1S/C23H31N3O3S/c1-19-8-3-4-9-22(19)26(30(2,28)29)17-7-10-23(27)24-18-20-11-13-21(14-12-20)25-15-5-6-16-25/h3-4,8-9,11-14H,5-7,10,15-18H2,1-2H3,(H,24,27). The van der Waals surface area contributed by atoms with E-state index in [1.165, 1.54) is 29.1 Å². The molecule has 162 valence electrons. The summed E-state index contributed by atoms with van der Waals surface area (Å²) >= 11 is 0. The number of amides is 1. The molecule has 1 aliphatic heterocycles. The highest BCUT2D eigenvalue weighted by Crippen LogP contribution is 2.23. The van der Waals surface area contributed by atoms with Gasteiger partial charge in [-0.05, 0) is 55.5 Å². The molecule has 0 radical (unpaired) electrons. The Morgan fingerprint density at radius 2 is 1.73 bits per heavy atom. The molecule has 1 aliphatic rings. The van der Waals surface area contributed by atoms with Gasteiger partial charge in [0.25, 0.3) is 0 Å². The molecular weight excluding hydrogens is 398 g/mol. The highest BCUT2D eigenvalue weighted by molar-refractivity contribution is 7.92. The molecule has 2 aromatic carbocycles. The molecule has 0 aromatic heterocycles. The fourth-order valence-electron chi connectivity index (χ4n) is 3.78. The second-order valence-corrected chi connectivity index (χ2v) is 9.77. The van der Waals surface area contributed by atoms with E-state index >= 15 is 0 Å². The minimum atomic E-state index is -3.41. The molecule has 3 rings (SSSR count). The SMILES string of the molecule is Cc1ccccc1N(CCCC(=O)NCc1ccc(N2CCCC2)cc1)S(C)(=O)=O. The van der Waals surface area contributed by atoms with Gasteiger partial charge >= 0.3 is 0 Å². The van der Waals surface area contributed by atoms with Crippen molar-refractivity contribution in [3.8, 4) is 0 Å². The van der Waals surface area contributed by atoms with Crippen LogP contribution in [0.1, 0.15) is 36.8 Å². The summed E-state index contributed by atoms with van der Waals surface area (Å²) in [5.74, 6) is -0.0724. The Labute approximate surface area is 179 Å². The van der Waals surface area contributed by atoms with E-state index in [1.807, 2.05) is 25.1 Å². The van der Waals surface area contributed by atoms with Gasteiger partial charge in [0.2, 0.25) is 15.9 Å². The van der Waals surface area contributed by atoms with E-state index in [0.717, 1.165) is 24.2 Å². The molecule has 0 unspecified atom stereocenters. The monoisotopic (exact) mass is 429 g/mol. The van der Waals surface area contributed by atoms with Crippen molar-refractivity contribution < 1.29 is 13.2 Å². The van der Waals surface area contributed by atoms with Crippen molar-refractivity contribution >= 4 is 27.3 Å². The van der Waals surface area contributed by atoms with Gasteiger partial charge in [-0.1, -0.05) is 30.3 Å². The molecule has 1 fully saturated rings. The molecule has 6 nitrogen and oxygen atoms in total. The zero-order valence-electron chi connectivity index (χ0n) is 17.8. The van der Waals surface area contributed by atoms with Crippen LogP contribution in [0.5, 0.6) is 0 Å². The molecule has 0 bridgehead atoms. The second kappa shape index (κ2) is 9.98. The third-order valence-electron chi connectivity index (χ3n) is 5.45. The molecule has 30 heavy (non-hydrogen) atoms. The largest absolute Gasteiger partial charge is 0.372 e. The Hall–Kier alpha value is -2.54. The number of benzene rings is 2. The zero-order chi connectivity index (χ0) is 21.6. The molecule has 1 saturated heterocycles. The van der Waals surface area contributed by atoms with Crippen molar-refractivity contribution in [2.45, 2.75) is 39.2 Å². The van der Waals surface area contributed by atoms with Crippen LogP contribution in [0, 0.1) is 6.92 Å². The molecule has 0 spiro atoms. The van der Waals surface area contributed by atoms with E-state index < -0.39 is 10.0 Å². The van der Waals surface area contributed by atoms with Crippen molar-refractivity contribution in [2.24, 2.45) is 0 Å². The lowest BCUT2D eigenvalue weighted by Crippen LogP contribution is -2.32. The average Bonchev–Trinajstić information content (AvgIpc) is 3.25. The Morgan fingerprint density at radius 3 is 2.37 bits per heavy atom. The summed E-state index contributed by atoms with van der Waals surface area (Å²) in [4.78, 5) is 14.6. The number of hydrogen-bond acceptors (Lipinski definition) is 4. The number of sulfonamides is 1. The molecule has 7 heteroatoms. The maximum atomic E-state index is 12.2. The summed E-state index contributed by atoms with van der Waals surface area (Å²) in [6.07, 6.45) is 4.44. The van der Waals surface area contributed by atoms with E-state index in [9.17, 15) is 13.2 Å². The first kappa shape index (κ1) is 22.2. The summed E-state index contributed by atoms with van der Waals surface area (Å²) in [6.45, 7) is 4.87. The van der Waals surface area contributed by atoms with Gasteiger partial charge in [-0.25, -0.2) is 8.42 Å². The zero-order valence-corrected chi connectivity index (χ0v) is 18.6. The summed E-state index contributed by atoms with van der Waals surface area (Å²) in [5.41, 5.74) is 3.85. The third kappa shape index (κ3) is 5.98. The summed E-state index contributed by atoms with van der Waals surface area (Å²) < 4.78 is 25.8. The van der Waals surface area contributed by atoms with E-state index in [1.54, 1.807) is 6.07 Å². The quantitative estimate of drug-likeness (QED) is 0.663. The predicted octanol–water partition coefficient (Wildman–Crippen LogP) is 3.46. The molecule has 0 aliphatic carbocycles. The van der Waals surface area contributed by atoms with Crippen molar-refractivity contribution in [2.75, 3.05) is 35.1 Å². The van der Waals surface area contributed by atoms with Crippen molar-refractivity contribution in [1.82, 2.24) is 5.32 Å². The maximum Gasteiger partial charge on any atom is 0.232 e. The minimum Gasteiger partial charge on any atom is -0.372 e. The van der Waals surface area contributed by atoms with E-state index in [-0.39, 0.29) is 18.9 Å². The van der Waals surface area contributed by atoms with Crippen LogP contribution in [-0.2, 0) is 21.4 Å². The number of rotatable bonds is 9. The number of anilines is 2. The summed E-state index contributed by atoms with van der Waals surface area (Å²) in [7, 11) is -3.41. The first-order chi connectivity index (χ1) is 14.3. The first-order valence-electron chi connectivity index (χ1n) is 10.5. The topological polar surface area (TPSA) is 69.7 Å². The average molecular weight is 430 g/mol. The van der Waals surface area contributed by atoms with Gasteiger partial charge in [0.15, 0.2) is 0 Å². The van der Waals surface area contributed by atoms with Crippen molar-refractivity contribution in [3.05, 3.63) is 59.7 Å². The highest BCUT2D eigenvalue weighted by Gasteiger charge is 2.19. The molecule has 2 aromatic rings. The van der Waals surface area contributed by atoms with E-state index in [0.29, 0.717) is 18.7 Å².